The highest BCUT2D eigenvalue weighted by Crippen LogP contribution is 2.35. The summed E-state index contributed by atoms with van der Waals surface area (Å²) in [5.74, 6) is 2.35. The first-order valence-electron chi connectivity index (χ1n) is 12.1. The predicted octanol–water partition coefficient (Wildman–Crippen LogP) is 5.54. The maximum atomic E-state index is 15.4. The molecule has 2 aromatic heterocycles. The molecule has 7 heteroatoms. The maximum absolute atomic E-state index is 15.4. The van der Waals surface area contributed by atoms with E-state index in [4.69, 9.17) is 4.74 Å². The Bertz CT molecular complexity index is 1040. The number of ether oxygens (including phenoxy) is 1. The van der Waals surface area contributed by atoms with Crippen LogP contribution in [0.2, 0.25) is 0 Å². The number of fused-ring (bicyclic) bond motifs is 1. The Morgan fingerprint density at radius 1 is 1.18 bits per heavy atom. The van der Waals surface area contributed by atoms with E-state index in [0.29, 0.717) is 23.7 Å². The Hall–Kier alpha value is -2.22. The van der Waals surface area contributed by atoms with Gasteiger partial charge in [-0.1, -0.05) is 0 Å². The summed E-state index contributed by atoms with van der Waals surface area (Å²) in [6.45, 7) is 3.12. The lowest BCUT2D eigenvalue weighted by Gasteiger charge is -2.38. The molecule has 0 saturated carbocycles. The highest BCUT2D eigenvalue weighted by Gasteiger charge is 2.29. The Morgan fingerprint density at radius 2 is 2.03 bits per heavy atom. The highest BCUT2D eigenvalue weighted by atomic mass is 32.2. The maximum Gasteiger partial charge on any atom is 0.126 e. The second kappa shape index (κ2) is 12.5. The van der Waals surface area contributed by atoms with Crippen molar-refractivity contribution in [2.75, 3.05) is 39.1 Å². The molecule has 0 unspecified atom stereocenters. The molecule has 1 saturated heterocycles. The molecule has 0 aliphatic carbocycles. The molecule has 1 N–H and O–H groups in total. The fraction of sp³-hybridized carbons (Fsp3) is 0.481. The number of aliphatic hydroxyl groups excluding tert-OH is 1. The minimum Gasteiger partial charge on any atom is -0.497 e. The molecule has 1 fully saturated rings. The number of rotatable bonds is 11. The number of aliphatic hydroxyl groups is 1. The van der Waals surface area contributed by atoms with Crippen LogP contribution in [0, 0.1) is 11.8 Å². The van der Waals surface area contributed by atoms with Crippen LogP contribution >= 0.6 is 11.8 Å². The second-order valence-corrected chi connectivity index (χ2v) is 10.2. The first-order chi connectivity index (χ1) is 16.7. The SMILES string of the molecule is COc1ccc2nccc([C@@H](F)CC[C@@H]3CCN(CCCSc4ccncc4)C[C@@H]3CO)c2c1. The zero-order valence-corrected chi connectivity index (χ0v) is 20.6. The fourth-order valence-corrected chi connectivity index (χ4v) is 5.74. The van der Waals surface area contributed by atoms with Crippen LogP contribution in [0.4, 0.5) is 4.39 Å². The molecule has 3 atom stereocenters. The molecule has 1 aliphatic rings. The average molecular weight is 484 g/mol. The minimum absolute atomic E-state index is 0.166. The second-order valence-electron chi connectivity index (χ2n) is 9.01. The van der Waals surface area contributed by atoms with Crippen LogP contribution in [0.1, 0.15) is 37.4 Å². The summed E-state index contributed by atoms with van der Waals surface area (Å²) in [4.78, 5) is 12.1. The lowest BCUT2D eigenvalue weighted by Crippen LogP contribution is -2.42. The van der Waals surface area contributed by atoms with Gasteiger partial charge in [0.2, 0.25) is 0 Å². The summed E-state index contributed by atoms with van der Waals surface area (Å²) in [6, 6.07) is 11.5. The van der Waals surface area contributed by atoms with E-state index in [0.717, 1.165) is 55.6 Å². The topological polar surface area (TPSA) is 58.5 Å². The van der Waals surface area contributed by atoms with Crippen molar-refractivity contribution in [1.82, 2.24) is 14.9 Å². The number of pyridine rings is 2. The number of methoxy groups -OCH3 is 1. The van der Waals surface area contributed by atoms with Crippen molar-refractivity contribution in [2.24, 2.45) is 11.8 Å². The first-order valence-corrected chi connectivity index (χ1v) is 13.1. The lowest BCUT2D eigenvalue weighted by atomic mass is 9.81. The molecule has 0 bridgehead atoms. The van der Waals surface area contributed by atoms with Gasteiger partial charge in [-0.25, -0.2) is 4.39 Å². The standard InChI is InChI=1S/C27H34FN3O2S/c1-33-22-4-6-27-25(17-22)24(9-13-30-27)26(28)5-3-20-10-15-31(18-21(20)19-32)14-2-16-34-23-7-11-29-12-8-23/h4,6-9,11-13,17,20-21,26,32H,2-3,5,10,14-16,18-19H2,1H3/t20-,21-,26+/m1/s1. The molecule has 4 rings (SSSR count). The van der Waals surface area contributed by atoms with E-state index in [1.165, 1.54) is 4.90 Å². The largest absolute Gasteiger partial charge is 0.497 e. The summed E-state index contributed by atoms with van der Waals surface area (Å²) < 4.78 is 20.7. The number of nitrogens with zero attached hydrogens (tertiary/aromatic N) is 3. The summed E-state index contributed by atoms with van der Waals surface area (Å²) in [6.07, 6.45) is 7.65. The number of halogens is 1. The fourth-order valence-electron chi connectivity index (χ4n) is 4.92. The molecular weight excluding hydrogens is 449 g/mol. The van der Waals surface area contributed by atoms with E-state index in [1.807, 2.05) is 54.5 Å². The third-order valence-corrected chi connectivity index (χ3v) is 7.96. The molecule has 34 heavy (non-hydrogen) atoms. The number of piperidine rings is 1. The number of benzene rings is 1. The van der Waals surface area contributed by atoms with Crippen LogP contribution in [-0.2, 0) is 0 Å². The third kappa shape index (κ3) is 6.46. The van der Waals surface area contributed by atoms with Gasteiger partial charge in [0, 0.05) is 42.0 Å². The monoisotopic (exact) mass is 483 g/mol. The summed E-state index contributed by atoms with van der Waals surface area (Å²) >= 11 is 1.86. The van der Waals surface area contributed by atoms with Gasteiger partial charge >= 0.3 is 0 Å². The molecule has 1 aromatic carbocycles. The van der Waals surface area contributed by atoms with E-state index >= 15 is 4.39 Å². The number of aromatic nitrogens is 2. The Labute approximate surface area is 205 Å². The first kappa shape index (κ1) is 24.9. The molecule has 5 nitrogen and oxygen atoms in total. The van der Waals surface area contributed by atoms with Gasteiger partial charge in [0.15, 0.2) is 0 Å². The van der Waals surface area contributed by atoms with Crippen molar-refractivity contribution in [3.05, 3.63) is 60.6 Å². The summed E-state index contributed by atoms with van der Waals surface area (Å²) in [5.41, 5.74) is 1.46. The van der Waals surface area contributed by atoms with Crippen LogP contribution in [0.15, 0.2) is 59.9 Å². The summed E-state index contributed by atoms with van der Waals surface area (Å²) in [7, 11) is 1.62. The molecule has 0 spiro atoms. The highest BCUT2D eigenvalue weighted by molar-refractivity contribution is 7.99. The van der Waals surface area contributed by atoms with Crippen molar-refractivity contribution in [3.8, 4) is 5.75 Å². The number of hydrogen-bond acceptors (Lipinski definition) is 6. The molecular formula is C27H34FN3O2S. The molecule has 1 aliphatic heterocycles. The van der Waals surface area contributed by atoms with Crippen LogP contribution in [-0.4, -0.2) is 59.1 Å². The Kier molecular flexibility index (Phi) is 9.13. The van der Waals surface area contributed by atoms with Crippen LogP contribution in [0.5, 0.6) is 5.75 Å². The molecule has 0 radical (unpaired) electrons. The van der Waals surface area contributed by atoms with Crippen LogP contribution in [0.25, 0.3) is 10.9 Å². The van der Waals surface area contributed by atoms with Crippen LogP contribution < -0.4 is 4.74 Å². The van der Waals surface area contributed by atoms with Crippen molar-refractivity contribution in [3.63, 3.8) is 0 Å². The minimum atomic E-state index is -1.06. The number of hydrogen-bond donors (Lipinski definition) is 1. The van der Waals surface area contributed by atoms with E-state index in [9.17, 15) is 5.11 Å². The van der Waals surface area contributed by atoms with Gasteiger partial charge in [-0.15, -0.1) is 11.8 Å². The molecule has 3 heterocycles. The number of likely N-dealkylation sites (tertiary alicyclic amines) is 1. The smallest absolute Gasteiger partial charge is 0.126 e. The normalized spacial score (nSPS) is 19.9. The van der Waals surface area contributed by atoms with Crippen molar-refractivity contribution in [2.45, 2.75) is 36.8 Å². The van der Waals surface area contributed by atoms with Gasteiger partial charge in [-0.2, -0.15) is 0 Å². The van der Waals surface area contributed by atoms with Crippen molar-refractivity contribution in [1.29, 1.82) is 0 Å². The van der Waals surface area contributed by atoms with E-state index in [1.54, 1.807) is 19.4 Å². The van der Waals surface area contributed by atoms with Crippen molar-refractivity contribution >= 4 is 22.7 Å². The quantitative estimate of drug-likeness (QED) is 0.285. The number of alkyl halides is 1. The average Bonchev–Trinajstić information content (AvgIpc) is 2.89. The van der Waals surface area contributed by atoms with Gasteiger partial charge in [0.05, 0.1) is 12.6 Å². The van der Waals surface area contributed by atoms with E-state index < -0.39 is 6.17 Å². The van der Waals surface area contributed by atoms with Gasteiger partial charge in [0.25, 0.3) is 0 Å². The van der Waals surface area contributed by atoms with Gasteiger partial charge in [-0.3, -0.25) is 9.97 Å². The summed E-state index contributed by atoms with van der Waals surface area (Å²) in [5, 5.41) is 10.8. The third-order valence-electron chi connectivity index (χ3n) is 6.86. The Morgan fingerprint density at radius 3 is 2.82 bits per heavy atom. The predicted molar refractivity (Wildman–Crippen MR) is 136 cm³/mol. The van der Waals surface area contributed by atoms with Crippen LogP contribution in [0.3, 0.4) is 0 Å². The lowest BCUT2D eigenvalue weighted by molar-refractivity contribution is 0.0640. The van der Waals surface area contributed by atoms with Crippen molar-refractivity contribution < 1.29 is 14.2 Å². The van der Waals surface area contributed by atoms with Gasteiger partial charge in [-0.05, 0) is 98.3 Å². The zero-order chi connectivity index (χ0) is 23.8. The zero-order valence-electron chi connectivity index (χ0n) is 19.8. The molecule has 0 amide bonds. The Balaban J connectivity index is 1.26. The van der Waals surface area contributed by atoms with E-state index in [-0.39, 0.29) is 12.5 Å². The molecule has 182 valence electrons. The van der Waals surface area contributed by atoms with E-state index in [2.05, 4.69) is 14.9 Å². The van der Waals surface area contributed by atoms with Gasteiger partial charge in [0.1, 0.15) is 11.9 Å². The van der Waals surface area contributed by atoms with Gasteiger partial charge < -0.3 is 14.7 Å². The molecule has 3 aromatic rings. The number of thioether (sulfide) groups is 1.